The van der Waals surface area contributed by atoms with Gasteiger partial charge in [0.1, 0.15) is 11.9 Å². The lowest BCUT2D eigenvalue weighted by Crippen LogP contribution is -2.51. The summed E-state index contributed by atoms with van der Waals surface area (Å²) in [6.07, 6.45) is 5.30. The van der Waals surface area contributed by atoms with Crippen LogP contribution >= 0.6 is 35.0 Å². The summed E-state index contributed by atoms with van der Waals surface area (Å²) in [4.78, 5) is 27.6. The van der Waals surface area contributed by atoms with Crippen molar-refractivity contribution in [1.29, 1.82) is 0 Å². The average Bonchev–Trinajstić information content (AvgIpc) is 2.81. The first-order valence-electron chi connectivity index (χ1n) is 11.2. The quantitative estimate of drug-likeness (QED) is 0.434. The molecule has 0 heterocycles. The summed E-state index contributed by atoms with van der Waals surface area (Å²) in [5.41, 5.74) is 1.34. The SMILES string of the molecule is C[C@@H](C(=O)NC1CCCCC1)N(Cc1ccccc1F)C(=O)CSCc1ccc(Cl)c(Cl)c1. The molecule has 1 atom stereocenters. The fourth-order valence-corrected chi connectivity index (χ4v) is 5.11. The van der Waals surface area contributed by atoms with Gasteiger partial charge in [-0.2, -0.15) is 0 Å². The van der Waals surface area contributed by atoms with Crippen LogP contribution in [0.5, 0.6) is 0 Å². The summed E-state index contributed by atoms with van der Waals surface area (Å²) >= 11 is 13.5. The van der Waals surface area contributed by atoms with Gasteiger partial charge in [0.15, 0.2) is 0 Å². The lowest BCUT2D eigenvalue weighted by Gasteiger charge is -2.31. The first-order chi connectivity index (χ1) is 15.8. The number of nitrogens with one attached hydrogen (secondary N) is 1. The minimum absolute atomic E-state index is 0.0398. The number of carbonyl (C=O) groups excluding carboxylic acids is 2. The van der Waals surface area contributed by atoms with Gasteiger partial charge in [-0.3, -0.25) is 9.59 Å². The number of amides is 2. The fourth-order valence-electron chi connectivity index (χ4n) is 3.93. The highest BCUT2D eigenvalue weighted by Gasteiger charge is 2.28. The average molecular weight is 511 g/mol. The van der Waals surface area contributed by atoms with E-state index in [2.05, 4.69) is 5.32 Å². The molecule has 1 aliphatic carbocycles. The fraction of sp³-hybridized carbons (Fsp3) is 0.440. The second kappa shape index (κ2) is 12.6. The van der Waals surface area contributed by atoms with E-state index < -0.39 is 11.9 Å². The van der Waals surface area contributed by atoms with Gasteiger partial charge in [0, 0.05) is 23.9 Å². The lowest BCUT2D eigenvalue weighted by atomic mass is 9.95. The Kier molecular flexibility index (Phi) is 9.90. The molecular formula is C25H29Cl2FN2O2S. The second-order valence-corrected chi connectivity index (χ2v) is 10.2. The molecule has 1 saturated carbocycles. The van der Waals surface area contributed by atoms with Crippen LogP contribution in [0, 0.1) is 5.82 Å². The molecule has 33 heavy (non-hydrogen) atoms. The van der Waals surface area contributed by atoms with Gasteiger partial charge < -0.3 is 10.2 Å². The molecule has 1 fully saturated rings. The molecule has 2 aromatic carbocycles. The molecule has 0 unspecified atom stereocenters. The molecule has 2 amide bonds. The summed E-state index contributed by atoms with van der Waals surface area (Å²) in [6.45, 7) is 1.75. The van der Waals surface area contributed by atoms with E-state index in [0.29, 0.717) is 21.4 Å². The van der Waals surface area contributed by atoms with Crippen molar-refractivity contribution in [2.75, 3.05) is 5.75 Å². The highest BCUT2D eigenvalue weighted by atomic mass is 35.5. The molecule has 2 aromatic rings. The smallest absolute Gasteiger partial charge is 0.242 e. The Labute approximate surface area is 209 Å². The summed E-state index contributed by atoms with van der Waals surface area (Å²) < 4.78 is 14.3. The Bertz CT molecular complexity index is 969. The molecule has 0 saturated heterocycles. The van der Waals surface area contributed by atoms with Crippen molar-refractivity contribution >= 4 is 46.8 Å². The predicted octanol–water partition coefficient (Wildman–Crippen LogP) is 6.23. The van der Waals surface area contributed by atoms with E-state index in [4.69, 9.17) is 23.2 Å². The zero-order valence-electron chi connectivity index (χ0n) is 18.7. The first kappa shape index (κ1) is 25.9. The van der Waals surface area contributed by atoms with Crippen molar-refractivity contribution in [3.63, 3.8) is 0 Å². The molecule has 8 heteroatoms. The maximum Gasteiger partial charge on any atom is 0.242 e. The molecule has 0 aliphatic heterocycles. The number of hydrogen-bond acceptors (Lipinski definition) is 3. The topological polar surface area (TPSA) is 49.4 Å². The summed E-state index contributed by atoms with van der Waals surface area (Å²) in [7, 11) is 0. The van der Waals surface area contributed by atoms with E-state index in [-0.39, 0.29) is 30.2 Å². The van der Waals surface area contributed by atoms with Crippen LogP contribution < -0.4 is 5.32 Å². The van der Waals surface area contributed by atoms with E-state index in [1.54, 1.807) is 37.3 Å². The van der Waals surface area contributed by atoms with Crippen molar-refractivity contribution in [2.24, 2.45) is 0 Å². The molecule has 0 spiro atoms. The number of nitrogens with zero attached hydrogens (tertiary/aromatic N) is 1. The van der Waals surface area contributed by atoms with Crippen LogP contribution in [0.15, 0.2) is 42.5 Å². The van der Waals surface area contributed by atoms with Gasteiger partial charge in [0.05, 0.1) is 15.8 Å². The van der Waals surface area contributed by atoms with Crippen molar-refractivity contribution in [2.45, 2.75) is 63.4 Å². The Balaban J connectivity index is 1.66. The van der Waals surface area contributed by atoms with Crippen molar-refractivity contribution in [3.05, 3.63) is 69.5 Å². The zero-order chi connectivity index (χ0) is 23.8. The van der Waals surface area contributed by atoms with Gasteiger partial charge in [0.25, 0.3) is 0 Å². The van der Waals surface area contributed by atoms with Crippen LogP contribution in [0.4, 0.5) is 4.39 Å². The number of halogens is 3. The van der Waals surface area contributed by atoms with Crippen LogP contribution in [0.25, 0.3) is 0 Å². The zero-order valence-corrected chi connectivity index (χ0v) is 21.0. The Hall–Kier alpha value is -1.76. The third-order valence-corrected chi connectivity index (χ3v) is 7.62. The third-order valence-electron chi connectivity index (χ3n) is 5.90. The molecule has 1 N–H and O–H groups in total. The normalized spacial score (nSPS) is 15.2. The van der Waals surface area contributed by atoms with E-state index >= 15 is 0 Å². The molecule has 0 bridgehead atoms. The van der Waals surface area contributed by atoms with E-state index in [1.807, 2.05) is 6.07 Å². The number of hydrogen-bond donors (Lipinski definition) is 1. The van der Waals surface area contributed by atoms with Crippen LogP contribution in [-0.2, 0) is 21.9 Å². The Morgan fingerprint density at radius 3 is 2.55 bits per heavy atom. The van der Waals surface area contributed by atoms with Gasteiger partial charge in [-0.15, -0.1) is 11.8 Å². The minimum Gasteiger partial charge on any atom is -0.352 e. The number of carbonyl (C=O) groups is 2. The van der Waals surface area contributed by atoms with Gasteiger partial charge in [0.2, 0.25) is 11.8 Å². The van der Waals surface area contributed by atoms with Crippen LogP contribution in [0.2, 0.25) is 10.0 Å². The highest BCUT2D eigenvalue weighted by molar-refractivity contribution is 7.99. The number of rotatable bonds is 9. The first-order valence-corrected chi connectivity index (χ1v) is 13.1. The van der Waals surface area contributed by atoms with E-state index in [1.165, 1.54) is 29.1 Å². The highest BCUT2D eigenvalue weighted by Crippen LogP contribution is 2.25. The Morgan fingerprint density at radius 1 is 1.12 bits per heavy atom. The van der Waals surface area contributed by atoms with Crippen molar-refractivity contribution < 1.29 is 14.0 Å². The van der Waals surface area contributed by atoms with E-state index in [0.717, 1.165) is 31.2 Å². The summed E-state index contributed by atoms with van der Waals surface area (Å²) in [6, 6.07) is 11.1. The van der Waals surface area contributed by atoms with Crippen molar-refractivity contribution in [3.8, 4) is 0 Å². The summed E-state index contributed by atoms with van der Waals surface area (Å²) in [5.74, 6) is -0.0662. The molecule has 1 aliphatic rings. The van der Waals surface area contributed by atoms with Gasteiger partial charge in [-0.25, -0.2) is 4.39 Å². The summed E-state index contributed by atoms with van der Waals surface area (Å²) in [5, 5.41) is 4.04. The minimum atomic E-state index is -0.704. The van der Waals surface area contributed by atoms with Crippen molar-refractivity contribution in [1.82, 2.24) is 10.2 Å². The number of thioether (sulfide) groups is 1. The number of benzene rings is 2. The monoisotopic (exact) mass is 510 g/mol. The molecule has 0 aromatic heterocycles. The second-order valence-electron chi connectivity index (χ2n) is 8.37. The Morgan fingerprint density at radius 2 is 1.85 bits per heavy atom. The standard InChI is InChI=1S/C25H29Cl2FN2O2S/c1-17(25(32)29-20-8-3-2-4-9-20)30(14-19-7-5-6-10-23(19)28)24(31)16-33-15-18-11-12-21(26)22(27)13-18/h5-7,10-13,17,20H,2-4,8-9,14-16H2,1H3,(H,29,32)/t17-/m0/s1. The maximum absolute atomic E-state index is 14.3. The van der Waals surface area contributed by atoms with Crippen LogP contribution in [0.1, 0.15) is 50.2 Å². The largest absolute Gasteiger partial charge is 0.352 e. The van der Waals surface area contributed by atoms with E-state index in [9.17, 15) is 14.0 Å². The molecule has 3 rings (SSSR count). The van der Waals surface area contributed by atoms with Crippen LogP contribution in [-0.4, -0.2) is 34.6 Å². The van der Waals surface area contributed by atoms with Gasteiger partial charge in [-0.1, -0.05) is 66.7 Å². The van der Waals surface area contributed by atoms with Gasteiger partial charge >= 0.3 is 0 Å². The van der Waals surface area contributed by atoms with Crippen LogP contribution in [0.3, 0.4) is 0 Å². The molecule has 4 nitrogen and oxygen atoms in total. The molecular weight excluding hydrogens is 482 g/mol. The molecule has 0 radical (unpaired) electrons. The lowest BCUT2D eigenvalue weighted by molar-refractivity contribution is -0.139. The van der Waals surface area contributed by atoms with Gasteiger partial charge in [-0.05, 0) is 43.5 Å². The predicted molar refractivity (Wildman–Crippen MR) is 134 cm³/mol. The molecule has 178 valence electrons. The third kappa shape index (κ3) is 7.62. The maximum atomic E-state index is 14.3.